The molecule has 132 valence electrons. The van der Waals surface area contributed by atoms with Gasteiger partial charge in [-0.15, -0.1) is 11.3 Å². The molecule has 1 aliphatic heterocycles. The molecule has 0 spiro atoms. The summed E-state index contributed by atoms with van der Waals surface area (Å²) in [7, 11) is 0. The summed E-state index contributed by atoms with van der Waals surface area (Å²) in [5.41, 5.74) is 8.15. The van der Waals surface area contributed by atoms with E-state index in [9.17, 15) is 0 Å². The van der Waals surface area contributed by atoms with E-state index < -0.39 is 0 Å². The van der Waals surface area contributed by atoms with Gasteiger partial charge >= 0.3 is 0 Å². The van der Waals surface area contributed by atoms with Gasteiger partial charge in [-0.2, -0.15) is 5.10 Å². The monoisotopic (exact) mass is 363 g/mol. The predicted molar refractivity (Wildman–Crippen MR) is 105 cm³/mol. The third-order valence-corrected chi connectivity index (χ3v) is 6.16. The summed E-state index contributed by atoms with van der Waals surface area (Å²) in [4.78, 5) is 12.1. The molecule has 0 aliphatic carbocycles. The molecule has 6 heteroatoms. The fraction of sp³-hybridized carbons (Fsp3) is 0.300. The lowest BCUT2D eigenvalue weighted by Gasteiger charge is -2.25. The van der Waals surface area contributed by atoms with Crippen LogP contribution in [0.15, 0.2) is 29.6 Å². The molecule has 0 radical (unpaired) electrons. The first-order chi connectivity index (χ1) is 12.7. The third kappa shape index (κ3) is 2.66. The van der Waals surface area contributed by atoms with E-state index in [1.165, 1.54) is 21.6 Å². The molecule has 0 saturated carbocycles. The van der Waals surface area contributed by atoms with Gasteiger partial charge in [-0.05, 0) is 55.0 Å². The van der Waals surface area contributed by atoms with Crippen LogP contribution in [0.25, 0.3) is 22.6 Å². The van der Waals surface area contributed by atoms with Crippen molar-refractivity contribution in [2.45, 2.75) is 33.4 Å². The van der Waals surface area contributed by atoms with Gasteiger partial charge in [0.2, 0.25) is 0 Å². The molecule has 1 aliphatic rings. The lowest BCUT2D eigenvalue weighted by molar-refractivity contribution is 0.245. The molecule has 5 rings (SSSR count). The highest BCUT2D eigenvalue weighted by Gasteiger charge is 2.24. The molecule has 0 bridgehead atoms. The van der Waals surface area contributed by atoms with Crippen LogP contribution in [0.5, 0.6) is 0 Å². The third-order valence-electron chi connectivity index (χ3n) is 5.30. The number of aromatic nitrogens is 4. The zero-order valence-corrected chi connectivity index (χ0v) is 15.8. The standard InChI is InChI=1S/C20H21N5S/c1-12-8-16-17(9-13(12)2)22-20(21-16)19-15-5-6-25(11-18(15)23-24-19)10-14-4-3-7-26-14/h3-4,7-9H,5-6,10-11H2,1-2H3,(H,21,22)(H,23,24). The number of H-pyrrole nitrogens is 2. The van der Waals surface area contributed by atoms with Crippen LogP contribution in [0.2, 0.25) is 0 Å². The average molecular weight is 363 g/mol. The molecule has 26 heavy (non-hydrogen) atoms. The van der Waals surface area contributed by atoms with E-state index in [4.69, 9.17) is 4.98 Å². The molecule has 0 amide bonds. The van der Waals surface area contributed by atoms with Crippen molar-refractivity contribution in [3.8, 4) is 11.5 Å². The number of rotatable bonds is 3. The lowest BCUT2D eigenvalue weighted by atomic mass is 10.0. The number of hydrogen-bond donors (Lipinski definition) is 2. The summed E-state index contributed by atoms with van der Waals surface area (Å²) < 4.78 is 0. The normalized spacial score (nSPS) is 14.8. The Morgan fingerprint density at radius 3 is 2.96 bits per heavy atom. The molecule has 0 saturated heterocycles. The number of aryl methyl sites for hydroxylation is 2. The van der Waals surface area contributed by atoms with E-state index in [0.717, 1.165) is 54.3 Å². The Bertz CT molecular complexity index is 1030. The van der Waals surface area contributed by atoms with Crippen molar-refractivity contribution in [3.63, 3.8) is 0 Å². The number of fused-ring (bicyclic) bond motifs is 2. The number of nitrogens with zero attached hydrogens (tertiary/aromatic N) is 3. The second-order valence-corrected chi connectivity index (χ2v) is 8.14. The van der Waals surface area contributed by atoms with Gasteiger partial charge in [0, 0.05) is 30.1 Å². The van der Waals surface area contributed by atoms with Crippen LogP contribution in [0.4, 0.5) is 0 Å². The molecule has 0 unspecified atom stereocenters. The summed E-state index contributed by atoms with van der Waals surface area (Å²) in [6.45, 7) is 7.21. The van der Waals surface area contributed by atoms with Crippen LogP contribution in [0.1, 0.15) is 27.3 Å². The first-order valence-corrected chi connectivity index (χ1v) is 9.83. The first kappa shape index (κ1) is 15.8. The van der Waals surface area contributed by atoms with Crippen LogP contribution in [0.3, 0.4) is 0 Å². The van der Waals surface area contributed by atoms with Crippen molar-refractivity contribution in [2.75, 3.05) is 6.54 Å². The Hall–Kier alpha value is -2.44. The Kier molecular flexibility index (Phi) is 3.69. The molecule has 4 heterocycles. The highest BCUT2D eigenvalue weighted by molar-refractivity contribution is 7.09. The van der Waals surface area contributed by atoms with Gasteiger partial charge in [-0.25, -0.2) is 4.98 Å². The number of hydrogen-bond acceptors (Lipinski definition) is 4. The zero-order chi connectivity index (χ0) is 17.7. The fourth-order valence-electron chi connectivity index (χ4n) is 3.71. The van der Waals surface area contributed by atoms with E-state index in [2.05, 4.69) is 63.6 Å². The average Bonchev–Trinajstić information content (AvgIpc) is 3.34. The molecule has 1 aromatic carbocycles. The first-order valence-electron chi connectivity index (χ1n) is 8.95. The minimum Gasteiger partial charge on any atom is -0.337 e. The fourth-order valence-corrected chi connectivity index (χ4v) is 4.45. The molecule has 2 N–H and O–H groups in total. The summed E-state index contributed by atoms with van der Waals surface area (Å²) in [6.07, 6.45) is 1.00. The number of benzene rings is 1. The zero-order valence-electron chi connectivity index (χ0n) is 15.0. The molecule has 4 aromatic rings. The maximum Gasteiger partial charge on any atom is 0.156 e. The van der Waals surface area contributed by atoms with Gasteiger partial charge in [-0.1, -0.05) is 6.07 Å². The van der Waals surface area contributed by atoms with Crippen LogP contribution < -0.4 is 0 Å². The molecular formula is C20H21N5S. The van der Waals surface area contributed by atoms with Crippen molar-refractivity contribution >= 4 is 22.4 Å². The van der Waals surface area contributed by atoms with Crippen molar-refractivity contribution in [1.82, 2.24) is 25.1 Å². The Morgan fingerprint density at radius 2 is 2.12 bits per heavy atom. The van der Waals surface area contributed by atoms with Crippen molar-refractivity contribution in [2.24, 2.45) is 0 Å². The number of imidazole rings is 1. The largest absolute Gasteiger partial charge is 0.337 e. The summed E-state index contributed by atoms with van der Waals surface area (Å²) >= 11 is 1.82. The van der Waals surface area contributed by atoms with Gasteiger partial charge < -0.3 is 4.98 Å². The van der Waals surface area contributed by atoms with Gasteiger partial charge in [0.05, 0.1) is 16.7 Å². The molecule has 0 fully saturated rings. The second kappa shape index (κ2) is 6.07. The van der Waals surface area contributed by atoms with E-state index in [-0.39, 0.29) is 0 Å². The topological polar surface area (TPSA) is 60.6 Å². The van der Waals surface area contributed by atoms with E-state index >= 15 is 0 Å². The van der Waals surface area contributed by atoms with E-state index in [0.29, 0.717) is 0 Å². The Balaban J connectivity index is 1.45. The van der Waals surface area contributed by atoms with E-state index in [1.54, 1.807) is 0 Å². The summed E-state index contributed by atoms with van der Waals surface area (Å²) in [5.74, 6) is 0.894. The van der Waals surface area contributed by atoms with E-state index in [1.807, 2.05) is 11.3 Å². The minimum atomic E-state index is 0.891. The quantitative estimate of drug-likeness (QED) is 0.574. The lowest BCUT2D eigenvalue weighted by Crippen LogP contribution is -2.29. The van der Waals surface area contributed by atoms with Crippen LogP contribution in [-0.2, 0) is 19.5 Å². The van der Waals surface area contributed by atoms with Gasteiger partial charge in [0.25, 0.3) is 0 Å². The Labute approximate surface area is 156 Å². The summed E-state index contributed by atoms with van der Waals surface area (Å²) in [6, 6.07) is 8.64. The van der Waals surface area contributed by atoms with Gasteiger partial charge in [0.1, 0.15) is 5.69 Å². The second-order valence-electron chi connectivity index (χ2n) is 7.10. The van der Waals surface area contributed by atoms with Gasteiger partial charge in [0.15, 0.2) is 5.82 Å². The number of thiophene rings is 1. The smallest absolute Gasteiger partial charge is 0.156 e. The van der Waals surface area contributed by atoms with Crippen LogP contribution >= 0.6 is 11.3 Å². The number of nitrogens with one attached hydrogen (secondary N) is 2. The molecule has 3 aromatic heterocycles. The highest BCUT2D eigenvalue weighted by atomic mass is 32.1. The SMILES string of the molecule is Cc1cc2nc(-c3[nH]nc4c3CCN(Cc3cccs3)C4)[nH]c2cc1C. The van der Waals surface area contributed by atoms with Crippen molar-refractivity contribution < 1.29 is 0 Å². The predicted octanol–water partition coefficient (Wildman–Crippen LogP) is 4.19. The highest BCUT2D eigenvalue weighted by Crippen LogP contribution is 2.29. The molecular weight excluding hydrogens is 342 g/mol. The van der Waals surface area contributed by atoms with Crippen molar-refractivity contribution in [1.29, 1.82) is 0 Å². The van der Waals surface area contributed by atoms with Crippen LogP contribution in [0, 0.1) is 13.8 Å². The van der Waals surface area contributed by atoms with Crippen LogP contribution in [-0.4, -0.2) is 31.6 Å². The maximum absolute atomic E-state index is 4.81. The minimum absolute atomic E-state index is 0.891. The van der Waals surface area contributed by atoms with Gasteiger partial charge in [-0.3, -0.25) is 10.00 Å². The number of aromatic amines is 2. The Morgan fingerprint density at radius 1 is 1.23 bits per heavy atom. The van der Waals surface area contributed by atoms with Crippen molar-refractivity contribution in [3.05, 3.63) is 56.9 Å². The molecule has 0 atom stereocenters. The maximum atomic E-state index is 4.81. The summed E-state index contributed by atoms with van der Waals surface area (Å²) in [5, 5.41) is 9.97. The molecule has 5 nitrogen and oxygen atoms in total.